The molecule has 3 nitrogen and oxygen atoms in total. The molecule has 0 amide bonds. The molecule has 0 saturated heterocycles. The molecule has 3 heteroatoms. The number of anilines is 3. The topological polar surface area (TPSA) is 21.3 Å². The van der Waals surface area contributed by atoms with Gasteiger partial charge in [-0.3, -0.25) is 0 Å². The predicted molar refractivity (Wildman–Crippen MR) is 239 cm³/mol. The van der Waals surface area contributed by atoms with Crippen LogP contribution in [0.4, 0.5) is 17.1 Å². The standard InChI is InChI=1S/C54H36N2O/c1-3-12-37(13-4-1)39-24-30-45(31-25-39)55(46-32-26-40(27-33-46)43-23-22-38-14-7-8-15-42(38)36-43)47-34-28-41(29-35-47)48-19-11-20-50-52-54(57-53(48)50)49-18-9-10-21-51(49)56(52)44-16-5-2-6-17-44/h1-36H. The highest BCUT2D eigenvalue weighted by molar-refractivity contribution is 6.18. The van der Waals surface area contributed by atoms with Gasteiger partial charge < -0.3 is 13.9 Å². The summed E-state index contributed by atoms with van der Waals surface area (Å²) < 4.78 is 9.19. The fourth-order valence-electron chi connectivity index (χ4n) is 8.41. The van der Waals surface area contributed by atoms with Gasteiger partial charge in [0.1, 0.15) is 11.1 Å². The molecule has 0 atom stereocenters. The van der Waals surface area contributed by atoms with E-state index in [1.807, 2.05) is 0 Å². The average molecular weight is 729 g/mol. The van der Waals surface area contributed by atoms with Gasteiger partial charge >= 0.3 is 0 Å². The highest BCUT2D eigenvalue weighted by Crippen LogP contribution is 2.43. The van der Waals surface area contributed by atoms with Crippen molar-refractivity contribution in [3.8, 4) is 39.1 Å². The molecule has 0 bridgehead atoms. The molecule has 0 aliphatic carbocycles. The van der Waals surface area contributed by atoms with E-state index in [0.29, 0.717) is 0 Å². The zero-order valence-corrected chi connectivity index (χ0v) is 31.1. The van der Waals surface area contributed by atoms with E-state index in [2.05, 4.69) is 228 Å². The van der Waals surface area contributed by atoms with Gasteiger partial charge in [-0.1, -0.05) is 146 Å². The van der Waals surface area contributed by atoms with Crippen LogP contribution in [0.15, 0.2) is 223 Å². The van der Waals surface area contributed by atoms with E-state index >= 15 is 0 Å². The third-order valence-corrected chi connectivity index (χ3v) is 11.2. The van der Waals surface area contributed by atoms with Crippen LogP contribution >= 0.6 is 0 Å². The van der Waals surface area contributed by atoms with Crippen LogP contribution in [0.5, 0.6) is 0 Å². The first-order chi connectivity index (χ1) is 28.3. The van der Waals surface area contributed by atoms with Crippen LogP contribution in [-0.2, 0) is 0 Å². The first kappa shape index (κ1) is 32.8. The zero-order valence-electron chi connectivity index (χ0n) is 31.1. The first-order valence-corrected chi connectivity index (χ1v) is 19.4. The van der Waals surface area contributed by atoms with Crippen LogP contribution in [0.2, 0.25) is 0 Å². The largest absolute Gasteiger partial charge is 0.453 e. The van der Waals surface area contributed by atoms with E-state index in [4.69, 9.17) is 4.42 Å². The zero-order chi connectivity index (χ0) is 37.7. The van der Waals surface area contributed by atoms with Crippen LogP contribution in [0.25, 0.3) is 82.8 Å². The van der Waals surface area contributed by atoms with Crippen molar-refractivity contribution in [1.29, 1.82) is 0 Å². The van der Waals surface area contributed by atoms with Crippen molar-refractivity contribution >= 4 is 60.8 Å². The van der Waals surface area contributed by atoms with E-state index in [1.54, 1.807) is 0 Å². The summed E-state index contributed by atoms with van der Waals surface area (Å²) in [4.78, 5) is 2.33. The lowest BCUT2D eigenvalue weighted by Gasteiger charge is -2.26. The number of fused-ring (bicyclic) bond motifs is 6. The highest BCUT2D eigenvalue weighted by atomic mass is 16.3. The van der Waals surface area contributed by atoms with Gasteiger partial charge in [0.15, 0.2) is 5.58 Å². The van der Waals surface area contributed by atoms with Gasteiger partial charge in [0.05, 0.1) is 5.52 Å². The number of aromatic nitrogens is 1. The van der Waals surface area contributed by atoms with E-state index in [9.17, 15) is 0 Å². The summed E-state index contributed by atoms with van der Waals surface area (Å²) >= 11 is 0. The summed E-state index contributed by atoms with van der Waals surface area (Å²) in [7, 11) is 0. The van der Waals surface area contributed by atoms with E-state index < -0.39 is 0 Å². The molecule has 11 aromatic rings. The molecule has 0 aliphatic heterocycles. The summed E-state index contributed by atoms with van der Waals surface area (Å²) in [6.45, 7) is 0. The third kappa shape index (κ3) is 5.68. The van der Waals surface area contributed by atoms with Crippen molar-refractivity contribution < 1.29 is 4.42 Å². The number of para-hydroxylation sites is 3. The molecule has 2 heterocycles. The molecule has 9 aromatic carbocycles. The lowest BCUT2D eigenvalue weighted by Crippen LogP contribution is -2.09. The van der Waals surface area contributed by atoms with Crippen LogP contribution in [0, 0.1) is 0 Å². The van der Waals surface area contributed by atoms with Crippen LogP contribution in [0.1, 0.15) is 0 Å². The Hall–Kier alpha value is -7.62. The minimum Gasteiger partial charge on any atom is -0.453 e. The second-order valence-electron chi connectivity index (χ2n) is 14.6. The SMILES string of the molecule is c1ccc(-c2ccc(N(c3ccc(-c4ccc5ccccc5c4)cc3)c3ccc(-c4cccc5c4oc4c6ccccc6n(-c6ccccc6)c54)cc3)cc2)cc1. The number of nitrogens with zero attached hydrogens (tertiary/aromatic N) is 2. The Labute approximate surface area is 330 Å². The van der Waals surface area contributed by atoms with Crippen LogP contribution in [0.3, 0.4) is 0 Å². The van der Waals surface area contributed by atoms with Crippen molar-refractivity contribution in [3.05, 3.63) is 218 Å². The van der Waals surface area contributed by atoms with Crippen molar-refractivity contribution in [2.75, 3.05) is 4.90 Å². The fourth-order valence-corrected chi connectivity index (χ4v) is 8.41. The summed E-state index contributed by atoms with van der Waals surface area (Å²) in [5, 5.41) is 4.69. The lowest BCUT2D eigenvalue weighted by atomic mass is 10.0. The molecule has 0 unspecified atom stereocenters. The molecule has 0 spiro atoms. The molecule has 0 radical (unpaired) electrons. The van der Waals surface area contributed by atoms with Gasteiger partial charge in [-0.15, -0.1) is 0 Å². The fraction of sp³-hybridized carbons (Fsp3) is 0. The predicted octanol–water partition coefficient (Wildman–Crippen LogP) is 15.2. The number of furan rings is 1. The molecule has 11 rings (SSSR count). The Balaban J connectivity index is 1.00. The minimum atomic E-state index is 0.892. The third-order valence-electron chi connectivity index (χ3n) is 11.2. The summed E-state index contributed by atoms with van der Waals surface area (Å²) in [6.07, 6.45) is 0. The maximum atomic E-state index is 6.86. The Morgan fingerprint density at radius 3 is 1.58 bits per heavy atom. The van der Waals surface area contributed by atoms with Crippen LogP contribution < -0.4 is 4.90 Å². The van der Waals surface area contributed by atoms with Crippen molar-refractivity contribution in [1.82, 2.24) is 4.57 Å². The Kier molecular flexibility index (Phi) is 7.82. The van der Waals surface area contributed by atoms with Crippen molar-refractivity contribution in [2.45, 2.75) is 0 Å². The quantitative estimate of drug-likeness (QED) is 0.163. The summed E-state index contributed by atoms with van der Waals surface area (Å²) in [5.41, 5.74) is 15.3. The summed E-state index contributed by atoms with van der Waals surface area (Å²) in [6, 6.07) is 78.0. The first-order valence-electron chi connectivity index (χ1n) is 19.4. The summed E-state index contributed by atoms with van der Waals surface area (Å²) in [5.74, 6) is 0. The van der Waals surface area contributed by atoms with Crippen molar-refractivity contribution in [3.63, 3.8) is 0 Å². The van der Waals surface area contributed by atoms with E-state index in [1.165, 1.54) is 33.0 Å². The maximum Gasteiger partial charge on any atom is 0.161 e. The van der Waals surface area contributed by atoms with Gasteiger partial charge in [0, 0.05) is 39.1 Å². The number of rotatable bonds is 7. The monoisotopic (exact) mass is 728 g/mol. The number of hydrogen-bond donors (Lipinski definition) is 0. The van der Waals surface area contributed by atoms with Gasteiger partial charge in [-0.25, -0.2) is 0 Å². The molecular weight excluding hydrogens is 693 g/mol. The average Bonchev–Trinajstić information content (AvgIpc) is 3.83. The van der Waals surface area contributed by atoms with E-state index in [0.717, 1.165) is 66.8 Å². The van der Waals surface area contributed by atoms with Gasteiger partial charge in [-0.05, 0) is 111 Å². The maximum absolute atomic E-state index is 6.86. The number of benzene rings is 9. The molecule has 2 aromatic heterocycles. The number of hydrogen-bond acceptors (Lipinski definition) is 2. The Morgan fingerprint density at radius 2 is 0.877 bits per heavy atom. The highest BCUT2D eigenvalue weighted by Gasteiger charge is 2.21. The van der Waals surface area contributed by atoms with Crippen molar-refractivity contribution in [2.24, 2.45) is 0 Å². The molecular formula is C54H36N2O. The molecule has 0 N–H and O–H groups in total. The van der Waals surface area contributed by atoms with Gasteiger partial charge in [0.25, 0.3) is 0 Å². The lowest BCUT2D eigenvalue weighted by molar-refractivity contribution is 0.674. The van der Waals surface area contributed by atoms with Gasteiger partial charge in [0.2, 0.25) is 0 Å². The Bertz CT molecular complexity index is 3200. The van der Waals surface area contributed by atoms with Gasteiger partial charge in [-0.2, -0.15) is 0 Å². The van der Waals surface area contributed by atoms with Crippen LogP contribution in [-0.4, -0.2) is 4.57 Å². The smallest absolute Gasteiger partial charge is 0.161 e. The molecule has 268 valence electrons. The molecule has 57 heavy (non-hydrogen) atoms. The molecule has 0 fully saturated rings. The second-order valence-corrected chi connectivity index (χ2v) is 14.6. The molecule has 0 aliphatic rings. The van der Waals surface area contributed by atoms with E-state index in [-0.39, 0.29) is 0 Å². The second kappa shape index (κ2) is 13.6. The minimum absolute atomic E-state index is 0.892. The normalized spacial score (nSPS) is 11.5. The molecule has 0 saturated carbocycles. The Morgan fingerprint density at radius 1 is 0.351 bits per heavy atom.